The smallest absolute Gasteiger partial charge is 0.306 e. The Bertz CT molecular complexity index is 1280. The molecule has 6 nitrogen and oxygen atoms in total. The van der Waals surface area contributed by atoms with Crippen molar-refractivity contribution in [2.75, 3.05) is 13.2 Å². The van der Waals surface area contributed by atoms with E-state index in [0.717, 1.165) is 64.2 Å². The zero-order valence-electron chi connectivity index (χ0n) is 40.8. The monoisotopic (exact) mass is 875 g/mol. The van der Waals surface area contributed by atoms with Crippen molar-refractivity contribution in [2.24, 2.45) is 0 Å². The lowest BCUT2D eigenvalue weighted by atomic mass is 10.1. The number of hydrogen-bond acceptors (Lipinski definition) is 6. The Labute approximate surface area is 387 Å². The zero-order valence-corrected chi connectivity index (χ0v) is 40.8. The lowest BCUT2D eigenvalue weighted by molar-refractivity contribution is -0.167. The molecule has 0 fully saturated rings. The molecule has 0 rings (SSSR count). The van der Waals surface area contributed by atoms with Crippen LogP contribution in [0, 0.1) is 0 Å². The Kier molecular flexibility index (Phi) is 48.0. The minimum absolute atomic E-state index is 0.0966. The fourth-order valence-electron chi connectivity index (χ4n) is 6.88. The molecule has 0 aromatic carbocycles. The van der Waals surface area contributed by atoms with Crippen molar-refractivity contribution in [3.63, 3.8) is 0 Å². The summed E-state index contributed by atoms with van der Waals surface area (Å²) in [6, 6.07) is 0. The van der Waals surface area contributed by atoms with Crippen LogP contribution < -0.4 is 0 Å². The van der Waals surface area contributed by atoms with E-state index in [1.807, 2.05) is 60.8 Å². The van der Waals surface area contributed by atoms with Crippen molar-refractivity contribution < 1.29 is 28.6 Å². The third kappa shape index (κ3) is 49.2. The number of hydrogen-bond donors (Lipinski definition) is 0. The van der Waals surface area contributed by atoms with Crippen LogP contribution in [0.25, 0.3) is 0 Å². The SMILES string of the molecule is CC\C=C/C=C\C=C/C=C\C=C\C=C/CCCCCC(=O)OC(COC(=O)CCCCCCCCCCC)COC(=O)CCCCCCCCCCCC/C=C\C=C/CCCCC. The van der Waals surface area contributed by atoms with Crippen LogP contribution in [0.5, 0.6) is 0 Å². The van der Waals surface area contributed by atoms with Crippen LogP contribution in [0.2, 0.25) is 0 Å². The first kappa shape index (κ1) is 59.3. The summed E-state index contributed by atoms with van der Waals surface area (Å²) in [7, 11) is 0. The average Bonchev–Trinajstić information content (AvgIpc) is 3.28. The van der Waals surface area contributed by atoms with Crippen LogP contribution in [-0.2, 0) is 28.6 Å². The third-order valence-corrected chi connectivity index (χ3v) is 10.8. The Morgan fingerprint density at radius 3 is 1.03 bits per heavy atom. The first-order valence-corrected chi connectivity index (χ1v) is 25.8. The maximum atomic E-state index is 12.8. The van der Waals surface area contributed by atoms with Gasteiger partial charge in [0.15, 0.2) is 6.10 Å². The van der Waals surface area contributed by atoms with Crippen molar-refractivity contribution in [3.8, 4) is 0 Å². The highest BCUT2D eigenvalue weighted by Crippen LogP contribution is 2.14. The van der Waals surface area contributed by atoms with Crippen LogP contribution in [0.3, 0.4) is 0 Å². The van der Waals surface area contributed by atoms with Gasteiger partial charge < -0.3 is 14.2 Å². The number of allylic oxidation sites excluding steroid dienone is 16. The summed E-state index contributed by atoms with van der Waals surface area (Å²) >= 11 is 0. The molecule has 1 atom stereocenters. The number of carbonyl (C=O) groups is 3. The van der Waals surface area contributed by atoms with Crippen molar-refractivity contribution >= 4 is 17.9 Å². The number of unbranched alkanes of at least 4 members (excludes halogenated alkanes) is 24. The highest BCUT2D eigenvalue weighted by molar-refractivity contribution is 5.71. The van der Waals surface area contributed by atoms with E-state index >= 15 is 0 Å². The summed E-state index contributed by atoms with van der Waals surface area (Å²) in [6.45, 7) is 6.40. The summed E-state index contributed by atoms with van der Waals surface area (Å²) < 4.78 is 16.7. The van der Waals surface area contributed by atoms with Crippen LogP contribution >= 0.6 is 0 Å². The van der Waals surface area contributed by atoms with Crippen LogP contribution in [0.1, 0.15) is 226 Å². The molecule has 0 aliphatic rings. The van der Waals surface area contributed by atoms with E-state index in [1.165, 1.54) is 116 Å². The Morgan fingerprint density at radius 2 is 0.619 bits per heavy atom. The molecule has 0 aromatic heterocycles. The Morgan fingerprint density at radius 1 is 0.333 bits per heavy atom. The molecular weight excluding hydrogens is 781 g/mol. The first-order chi connectivity index (χ1) is 31.0. The number of esters is 3. The second-order valence-electron chi connectivity index (χ2n) is 16.9. The molecule has 0 radical (unpaired) electrons. The van der Waals surface area contributed by atoms with Gasteiger partial charge in [-0.1, -0.05) is 240 Å². The van der Waals surface area contributed by atoms with Gasteiger partial charge in [0.2, 0.25) is 0 Å². The van der Waals surface area contributed by atoms with Crippen molar-refractivity contribution in [1.29, 1.82) is 0 Å². The molecule has 0 aliphatic heterocycles. The summed E-state index contributed by atoms with van der Waals surface area (Å²) in [6.07, 6.45) is 66.8. The van der Waals surface area contributed by atoms with E-state index in [9.17, 15) is 14.4 Å². The van der Waals surface area contributed by atoms with E-state index in [-0.39, 0.29) is 37.5 Å². The van der Waals surface area contributed by atoms with Crippen molar-refractivity contribution in [3.05, 3.63) is 97.2 Å². The fraction of sp³-hybridized carbons (Fsp3) is 0.667. The highest BCUT2D eigenvalue weighted by atomic mass is 16.6. The molecule has 358 valence electrons. The van der Waals surface area contributed by atoms with Gasteiger partial charge in [-0.05, 0) is 64.2 Å². The average molecular weight is 875 g/mol. The fourth-order valence-corrected chi connectivity index (χ4v) is 6.88. The normalized spacial score (nSPS) is 12.9. The summed E-state index contributed by atoms with van der Waals surface area (Å²) in [5.74, 6) is -0.949. The van der Waals surface area contributed by atoms with Gasteiger partial charge in [0.25, 0.3) is 0 Å². The molecule has 6 heteroatoms. The molecule has 0 saturated heterocycles. The van der Waals surface area contributed by atoms with Crippen molar-refractivity contribution in [1.82, 2.24) is 0 Å². The van der Waals surface area contributed by atoms with Gasteiger partial charge in [-0.15, -0.1) is 0 Å². The van der Waals surface area contributed by atoms with E-state index < -0.39 is 6.10 Å². The van der Waals surface area contributed by atoms with Gasteiger partial charge in [-0.2, -0.15) is 0 Å². The highest BCUT2D eigenvalue weighted by Gasteiger charge is 2.19. The van der Waals surface area contributed by atoms with Gasteiger partial charge in [-0.25, -0.2) is 0 Å². The molecule has 63 heavy (non-hydrogen) atoms. The minimum Gasteiger partial charge on any atom is -0.462 e. The Balaban J connectivity index is 4.41. The lowest BCUT2D eigenvalue weighted by Crippen LogP contribution is -2.30. The van der Waals surface area contributed by atoms with Gasteiger partial charge in [0.1, 0.15) is 13.2 Å². The largest absolute Gasteiger partial charge is 0.462 e. The van der Waals surface area contributed by atoms with E-state index in [1.54, 1.807) is 0 Å². The van der Waals surface area contributed by atoms with E-state index in [0.29, 0.717) is 19.3 Å². The number of rotatable bonds is 45. The van der Waals surface area contributed by atoms with Gasteiger partial charge in [-0.3, -0.25) is 14.4 Å². The Hall–Kier alpha value is -3.67. The van der Waals surface area contributed by atoms with E-state index in [2.05, 4.69) is 57.2 Å². The maximum absolute atomic E-state index is 12.8. The standard InChI is InChI=1S/C57H94O6/c1-4-7-10-13-16-19-21-23-25-27-28-30-31-33-35-38-41-44-47-50-56(59)62-53-54(52-61-55(58)49-46-43-40-37-18-15-12-9-6-3)63-57(60)51-48-45-42-39-36-34-32-29-26-24-22-20-17-14-11-8-5-2/h8,11,14,16-17,19-24,26,29,32,34,36,54H,4-7,9-10,12-13,15,18,25,27-28,30-31,33,35,37-53H2,1-3H3/b11-8-,17-14-,19-16-,22-20-,23-21-,26-24-,32-29+,36-34-. The minimum atomic E-state index is -0.800. The summed E-state index contributed by atoms with van der Waals surface area (Å²) in [4.78, 5) is 37.9. The zero-order chi connectivity index (χ0) is 45.8. The van der Waals surface area contributed by atoms with Crippen molar-refractivity contribution in [2.45, 2.75) is 232 Å². The molecule has 0 aromatic rings. The van der Waals surface area contributed by atoms with E-state index in [4.69, 9.17) is 14.2 Å². The molecule has 0 aliphatic carbocycles. The quantitative estimate of drug-likeness (QED) is 0.0262. The second kappa shape index (κ2) is 51.0. The molecule has 1 unspecified atom stereocenters. The number of carbonyl (C=O) groups excluding carboxylic acids is 3. The predicted molar refractivity (Wildman–Crippen MR) is 270 cm³/mol. The van der Waals surface area contributed by atoms with Crippen LogP contribution in [-0.4, -0.2) is 37.2 Å². The first-order valence-electron chi connectivity index (χ1n) is 25.8. The second-order valence-corrected chi connectivity index (χ2v) is 16.9. The van der Waals surface area contributed by atoms with Gasteiger partial charge in [0.05, 0.1) is 0 Å². The summed E-state index contributed by atoms with van der Waals surface area (Å²) in [5.41, 5.74) is 0. The van der Waals surface area contributed by atoms with Gasteiger partial charge >= 0.3 is 17.9 Å². The molecule has 0 bridgehead atoms. The number of ether oxygens (including phenoxy) is 3. The topological polar surface area (TPSA) is 78.9 Å². The van der Waals surface area contributed by atoms with Crippen LogP contribution in [0.15, 0.2) is 97.2 Å². The maximum Gasteiger partial charge on any atom is 0.306 e. The van der Waals surface area contributed by atoms with Crippen LogP contribution in [0.4, 0.5) is 0 Å². The summed E-state index contributed by atoms with van der Waals surface area (Å²) in [5, 5.41) is 0. The molecule has 0 heterocycles. The third-order valence-electron chi connectivity index (χ3n) is 10.8. The predicted octanol–water partition coefficient (Wildman–Crippen LogP) is 17.0. The molecule has 0 saturated carbocycles. The lowest BCUT2D eigenvalue weighted by Gasteiger charge is -2.18. The molecule has 0 N–H and O–H groups in total. The molecular formula is C57H94O6. The van der Waals surface area contributed by atoms with Gasteiger partial charge in [0, 0.05) is 19.3 Å². The molecule has 0 spiro atoms. The molecule has 0 amide bonds.